The van der Waals surface area contributed by atoms with Crippen molar-refractivity contribution in [3.8, 4) is 11.1 Å². The summed E-state index contributed by atoms with van der Waals surface area (Å²) in [6.45, 7) is 3.18. The summed E-state index contributed by atoms with van der Waals surface area (Å²) in [5.74, 6) is -0.425. The monoisotopic (exact) mass is 428 g/mol. The SMILES string of the molecule is Cn1ncc(-c2ccc3cnc(CC(=O)c4ccc(F)cc4)cc3c2)c1CN1CCCC1. The first-order valence-corrected chi connectivity index (χ1v) is 11.0. The fraction of sp³-hybridized carbons (Fsp3) is 0.269. The van der Waals surface area contributed by atoms with Crippen LogP contribution in [0.15, 0.2) is 60.9 Å². The molecule has 0 atom stereocenters. The lowest BCUT2D eigenvalue weighted by Gasteiger charge is -2.16. The first kappa shape index (κ1) is 20.5. The molecule has 2 aromatic carbocycles. The molecule has 1 aliphatic rings. The molecular formula is C26H25FN4O. The molecule has 0 spiro atoms. The predicted octanol–water partition coefficient (Wildman–Crippen LogP) is 4.80. The Morgan fingerprint density at radius 3 is 2.56 bits per heavy atom. The molecule has 5 nitrogen and oxygen atoms in total. The second kappa shape index (κ2) is 8.63. The van der Waals surface area contributed by atoms with Gasteiger partial charge in [-0.2, -0.15) is 5.10 Å². The molecule has 0 unspecified atom stereocenters. The standard InChI is InChI=1S/C26H25FN4O/c1-30-25(17-31-10-2-3-11-31)24(16-29-30)19-4-5-20-15-28-23(13-21(20)12-19)14-26(32)18-6-8-22(27)9-7-18/h4-9,12-13,15-16H,2-3,10-11,14,17H2,1H3. The molecule has 0 aliphatic carbocycles. The number of hydrogen-bond donors (Lipinski definition) is 0. The van der Waals surface area contributed by atoms with Gasteiger partial charge in [-0.25, -0.2) is 4.39 Å². The van der Waals surface area contributed by atoms with Crippen molar-refractivity contribution in [1.82, 2.24) is 19.7 Å². The minimum Gasteiger partial charge on any atom is -0.298 e. The van der Waals surface area contributed by atoms with Crippen molar-refractivity contribution >= 4 is 16.6 Å². The van der Waals surface area contributed by atoms with E-state index in [0.717, 1.165) is 41.5 Å². The van der Waals surface area contributed by atoms with Crippen LogP contribution in [0.5, 0.6) is 0 Å². The van der Waals surface area contributed by atoms with E-state index in [0.29, 0.717) is 11.3 Å². The molecule has 0 radical (unpaired) electrons. The summed E-state index contributed by atoms with van der Waals surface area (Å²) in [5, 5.41) is 6.58. The van der Waals surface area contributed by atoms with Gasteiger partial charge in [0.15, 0.2) is 5.78 Å². The van der Waals surface area contributed by atoms with Gasteiger partial charge in [-0.1, -0.05) is 12.1 Å². The molecule has 6 heteroatoms. The summed E-state index contributed by atoms with van der Waals surface area (Å²) in [7, 11) is 2.00. The topological polar surface area (TPSA) is 51.0 Å². The first-order valence-electron chi connectivity index (χ1n) is 11.0. The Labute approximate surface area is 186 Å². The number of fused-ring (bicyclic) bond motifs is 1. The van der Waals surface area contributed by atoms with E-state index in [-0.39, 0.29) is 18.0 Å². The fourth-order valence-electron chi connectivity index (χ4n) is 4.40. The van der Waals surface area contributed by atoms with Crippen LogP contribution >= 0.6 is 0 Å². The number of carbonyl (C=O) groups excluding carboxylic acids is 1. The maximum absolute atomic E-state index is 13.1. The van der Waals surface area contributed by atoms with Crippen LogP contribution in [0.3, 0.4) is 0 Å². The van der Waals surface area contributed by atoms with Gasteiger partial charge in [0.2, 0.25) is 0 Å². The number of likely N-dealkylation sites (tertiary alicyclic amines) is 1. The Kier molecular flexibility index (Phi) is 5.53. The Morgan fingerprint density at radius 1 is 1.00 bits per heavy atom. The summed E-state index contributed by atoms with van der Waals surface area (Å²) in [6, 6.07) is 13.9. The van der Waals surface area contributed by atoms with E-state index in [1.165, 1.54) is 42.8 Å². The van der Waals surface area contributed by atoms with Crippen molar-refractivity contribution in [3.05, 3.63) is 83.7 Å². The number of rotatable bonds is 6. The molecule has 0 bridgehead atoms. The van der Waals surface area contributed by atoms with E-state index >= 15 is 0 Å². The number of halogens is 1. The third-order valence-corrected chi connectivity index (χ3v) is 6.23. The zero-order valence-electron chi connectivity index (χ0n) is 18.1. The number of carbonyl (C=O) groups is 1. The van der Waals surface area contributed by atoms with Gasteiger partial charge in [0.1, 0.15) is 5.82 Å². The number of aromatic nitrogens is 3. The number of nitrogens with zero attached hydrogens (tertiary/aromatic N) is 4. The van der Waals surface area contributed by atoms with E-state index in [1.54, 1.807) is 6.20 Å². The van der Waals surface area contributed by atoms with Gasteiger partial charge < -0.3 is 0 Å². The lowest BCUT2D eigenvalue weighted by atomic mass is 10.0. The smallest absolute Gasteiger partial charge is 0.168 e. The maximum atomic E-state index is 13.1. The number of aryl methyl sites for hydroxylation is 1. The van der Waals surface area contributed by atoms with E-state index in [1.807, 2.05) is 24.0 Å². The second-order valence-electron chi connectivity index (χ2n) is 8.46. The number of Topliss-reactive ketones (excluding diaryl/α,β-unsaturated/α-hetero) is 1. The number of hydrogen-bond acceptors (Lipinski definition) is 4. The minimum absolute atomic E-state index is 0.0758. The first-order chi connectivity index (χ1) is 15.6. The zero-order chi connectivity index (χ0) is 22.1. The highest BCUT2D eigenvalue weighted by Gasteiger charge is 2.18. The van der Waals surface area contributed by atoms with Crippen LogP contribution < -0.4 is 0 Å². The molecule has 32 heavy (non-hydrogen) atoms. The van der Waals surface area contributed by atoms with Gasteiger partial charge in [0.05, 0.1) is 18.3 Å². The average Bonchev–Trinajstić information content (AvgIpc) is 3.44. The second-order valence-corrected chi connectivity index (χ2v) is 8.46. The number of pyridine rings is 1. The third-order valence-electron chi connectivity index (χ3n) is 6.23. The largest absolute Gasteiger partial charge is 0.298 e. The predicted molar refractivity (Wildman–Crippen MR) is 123 cm³/mol. The highest BCUT2D eigenvalue weighted by Crippen LogP contribution is 2.29. The molecule has 1 aliphatic heterocycles. The molecular weight excluding hydrogens is 403 g/mol. The lowest BCUT2D eigenvalue weighted by molar-refractivity contribution is 0.0992. The van der Waals surface area contributed by atoms with Gasteiger partial charge in [-0.15, -0.1) is 0 Å². The van der Waals surface area contributed by atoms with Crippen molar-refractivity contribution in [1.29, 1.82) is 0 Å². The summed E-state index contributed by atoms with van der Waals surface area (Å²) in [4.78, 5) is 19.5. The van der Waals surface area contributed by atoms with E-state index in [2.05, 4.69) is 33.2 Å². The molecule has 4 aromatic rings. The molecule has 162 valence electrons. The summed E-state index contributed by atoms with van der Waals surface area (Å²) < 4.78 is 15.1. The van der Waals surface area contributed by atoms with Crippen LogP contribution in [0.1, 0.15) is 34.6 Å². The van der Waals surface area contributed by atoms with Crippen molar-refractivity contribution in [2.24, 2.45) is 7.05 Å². The van der Waals surface area contributed by atoms with E-state index in [4.69, 9.17) is 0 Å². The molecule has 0 N–H and O–H groups in total. The zero-order valence-corrected chi connectivity index (χ0v) is 18.1. The Bertz CT molecular complexity index is 1270. The van der Waals surface area contributed by atoms with Gasteiger partial charge in [0.25, 0.3) is 0 Å². The van der Waals surface area contributed by atoms with Crippen LogP contribution in [0, 0.1) is 5.82 Å². The van der Waals surface area contributed by atoms with E-state index < -0.39 is 0 Å². The van der Waals surface area contributed by atoms with Crippen LogP contribution in [0.4, 0.5) is 4.39 Å². The van der Waals surface area contributed by atoms with Crippen molar-refractivity contribution in [2.75, 3.05) is 13.1 Å². The van der Waals surface area contributed by atoms with Crippen LogP contribution in [0.2, 0.25) is 0 Å². The van der Waals surface area contributed by atoms with Gasteiger partial charge >= 0.3 is 0 Å². The van der Waals surface area contributed by atoms with Crippen LogP contribution in [-0.4, -0.2) is 38.5 Å². The highest BCUT2D eigenvalue weighted by molar-refractivity contribution is 5.98. The highest BCUT2D eigenvalue weighted by atomic mass is 19.1. The maximum Gasteiger partial charge on any atom is 0.168 e. The Balaban J connectivity index is 1.43. The summed E-state index contributed by atoms with van der Waals surface area (Å²) in [5.41, 5.74) is 4.66. The molecule has 1 fully saturated rings. The van der Waals surface area contributed by atoms with Crippen LogP contribution in [-0.2, 0) is 20.0 Å². The molecule has 0 amide bonds. The van der Waals surface area contributed by atoms with E-state index in [9.17, 15) is 9.18 Å². The quantitative estimate of drug-likeness (QED) is 0.414. The summed E-state index contributed by atoms with van der Waals surface area (Å²) in [6.07, 6.45) is 6.44. The Morgan fingerprint density at radius 2 is 1.78 bits per heavy atom. The fourth-order valence-corrected chi connectivity index (χ4v) is 4.40. The Hall–Kier alpha value is -3.38. The molecule has 2 aromatic heterocycles. The van der Waals surface area contributed by atoms with Gasteiger partial charge in [-0.3, -0.25) is 19.4 Å². The van der Waals surface area contributed by atoms with Crippen molar-refractivity contribution in [3.63, 3.8) is 0 Å². The summed E-state index contributed by atoms with van der Waals surface area (Å²) >= 11 is 0. The normalized spacial score (nSPS) is 14.3. The van der Waals surface area contributed by atoms with Crippen molar-refractivity contribution in [2.45, 2.75) is 25.8 Å². The number of benzene rings is 2. The lowest BCUT2D eigenvalue weighted by Crippen LogP contribution is -2.20. The van der Waals surface area contributed by atoms with Gasteiger partial charge in [-0.05, 0) is 73.3 Å². The van der Waals surface area contributed by atoms with Gasteiger partial charge in [0, 0.05) is 42.0 Å². The van der Waals surface area contributed by atoms with Crippen molar-refractivity contribution < 1.29 is 9.18 Å². The molecule has 5 rings (SSSR count). The third kappa shape index (κ3) is 4.18. The molecule has 3 heterocycles. The molecule has 1 saturated heterocycles. The average molecular weight is 429 g/mol. The minimum atomic E-state index is -0.350. The molecule has 0 saturated carbocycles. The van der Waals surface area contributed by atoms with Crippen LogP contribution in [0.25, 0.3) is 21.9 Å². The number of ketones is 1.